The Hall–Kier alpha value is -2.69. The maximum absolute atomic E-state index is 12.2. The molecule has 2 aromatic rings. The Kier molecular flexibility index (Phi) is 6.69. The van der Waals surface area contributed by atoms with Crippen molar-refractivity contribution in [1.82, 2.24) is 0 Å². The van der Waals surface area contributed by atoms with E-state index in [0.717, 1.165) is 35.8 Å². The van der Waals surface area contributed by atoms with Crippen molar-refractivity contribution in [3.05, 3.63) is 48.0 Å². The molecule has 0 saturated heterocycles. The fourth-order valence-electron chi connectivity index (χ4n) is 2.73. The third-order valence-corrected chi connectivity index (χ3v) is 4.16. The molecule has 0 bridgehead atoms. The summed E-state index contributed by atoms with van der Waals surface area (Å²) in [4.78, 5) is 14.5. The molecule has 134 valence electrons. The van der Waals surface area contributed by atoms with Gasteiger partial charge in [-0.1, -0.05) is 12.1 Å². The van der Waals surface area contributed by atoms with Crippen molar-refractivity contribution in [1.29, 1.82) is 0 Å². The van der Waals surface area contributed by atoms with Crippen molar-refractivity contribution in [2.24, 2.45) is 0 Å². The van der Waals surface area contributed by atoms with Crippen LogP contribution in [0.3, 0.4) is 0 Å². The summed E-state index contributed by atoms with van der Waals surface area (Å²) in [7, 11) is 1.61. The Morgan fingerprint density at radius 1 is 1.08 bits per heavy atom. The third-order valence-electron chi connectivity index (χ3n) is 4.16. The minimum Gasteiger partial charge on any atom is -0.495 e. The number of hydrogen-bond acceptors (Lipinski definition) is 4. The summed E-state index contributed by atoms with van der Waals surface area (Å²) < 4.78 is 5.27. The zero-order valence-corrected chi connectivity index (χ0v) is 15.4. The molecule has 0 spiro atoms. The Morgan fingerprint density at radius 2 is 1.80 bits per heavy atom. The lowest BCUT2D eigenvalue weighted by molar-refractivity contribution is -0.114. The number of methoxy groups -OCH3 is 1. The molecule has 5 nitrogen and oxygen atoms in total. The van der Waals surface area contributed by atoms with Crippen molar-refractivity contribution in [2.45, 2.75) is 20.8 Å². The Morgan fingerprint density at radius 3 is 2.44 bits per heavy atom. The number of nitrogens with zero attached hydrogens (tertiary/aromatic N) is 1. The average Bonchev–Trinajstić information content (AvgIpc) is 2.63. The van der Waals surface area contributed by atoms with Crippen LogP contribution >= 0.6 is 0 Å². The van der Waals surface area contributed by atoms with Gasteiger partial charge >= 0.3 is 0 Å². The number of carbonyl (C=O) groups excluding carboxylic acids is 1. The average molecular weight is 341 g/mol. The zero-order chi connectivity index (χ0) is 18.2. The first-order chi connectivity index (χ1) is 12.1. The topological polar surface area (TPSA) is 53.6 Å². The van der Waals surface area contributed by atoms with E-state index in [9.17, 15) is 4.79 Å². The quantitative estimate of drug-likeness (QED) is 0.764. The van der Waals surface area contributed by atoms with Crippen molar-refractivity contribution in [2.75, 3.05) is 42.3 Å². The van der Waals surface area contributed by atoms with E-state index in [-0.39, 0.29) is 12.5 Å². The van der Waals surface area contributed by atoms with Gasteiger partial charge in [0.2, 0.25) is 5.91 Å². The standard InChI is InChI=1S/C20H27N3O2/c1-5-23(6-2)16-11-12-17(15(3)13-16)22-20(24)14-21-18-9-7-8-10-19(18)25-4/h7-13,21H,5-6,14H2,1-4H3,(H,22,24). The van der Waals surface area contributed by atoms with Crippen molar-refractivity contribution < 1.29 is 9.53 Å². The van der Waals surface area contributed by atoms with Crippen LogP contribution in [-0.2, 0) is 4.79 Å². The van der Waals surface area contributed by atoms with E-state index in [1.54, 1.807) is 7.11 Å². The van der Waals surface area contributed by atoms with E-state index < -0.39 is 0 Å². The van der Waals surface area contributed by atoms with Gasteiger partial charge in [-0.3, -0.25) is 4.79 Å². The van der Waals surface area contributed by atoms with Gasteiger partial charge in [0.15, 0.2) is 0 Å². The molecule has 25 heavy (non-hydrogen) atoms. The van der Waals surface area contributed by atoms with Crippen LogP contribution in [0.1, 0.15) is 19.4 Å². The normalized spacial score (nSPS) is 10.2. The molecule has 2 rings (SSSR count). The monoisotopic (exact) mass is 341 g/mol. The molecular formula is C20H27N3O2. The van der Waals surface area contributed by atoms with Crippen LogP contribution in [0.15, 0.2) is 42.5 Å². The van der Waals surface area contributed by atoms with E-state index in [2.05, 4.69) is 35.4 Å². The summed E-state index contributed by atoms with van der Waals surface area (Å²) in [5, 5.41) is 6.07. The fraction of sp³-hybridized carbons (Fsp3) is 0.350. The van der Waals surface area contributed by atoms with Crippen molar-refractivity contribution in [3.8, 4) is 5.75 Å². The van der Waals surface area contributed by atoms with Crippen LogP contribution in [0.4, 0.5) is 17.1 Å². The Labute approximate surface area is 150 Å². The number of rotatable bonds is 8. The molecule has 0 saturated carbocycles. The predicted molar refractivity (Wildman–Crippen MR) is 105 cm³/mol. The number of para-hydroxylation sites is 2. The van der Waals surface area contributed by atoms with Gasteiger partial charge in [-0.2, -0.15) is 0 Å². The van der Waals surface area contributed by atoms with E-state index in [1.807, 2.05) is 43.3 Å². The molecule has 0 heterocycles. The third kappa shape index (κ3) is 4.89. The van der Waals surface area contributed by atoms with Gasteiger partial charge in [-0.05, 0) is 56.7 Å². The first kappa shape index (κ1) is 18.6. The second kappa shape index (κ2) is 8.97. The SMILES string of the molecule is CCN(CC)c1ccc(NC(=O)CNc2ccccc2OC)c(C)c1. The highest BCUT2D eigenvalue weighted by atomic mass is 16.5. The number of hydrogen-bond donors (Lipinski definition) is 2. The van der Waals surface area contributed by atoms with E-state index >= 15 is 0 Å². The number of anilines is 3. The summed E-state index contributed by atoms with van der Waals surface area (Å²) in [6, 6.07) is 13.7. The summed E-state index contributed by atoms with van der Waals surface area (Å²) in [5.74, 6) is 0.625. The molecule has 0 unspecified atom stereocenters. The molecule has 0 radical (unpaired) electrons. The van der Waals surface area contributed by atoms with Gasteiger partial charge in [-0.25, -0.2) is 0 Å². The molecular weight excluding hydrogens is 314 g/mol. The highest BCUT2D eigenvalue weighted by Gasteiger charge is 2.09. The van der Waals surface area contributed by atoms with Crippen molar-refractivity contribution >= 4 is 23.0 Å². The summed E-state index contributed by atoms with van der Waals surface area (Å²) in [5.41, 5.74) is 3.86. The lowest BCUT2D eigenvalue weighted by Gasteiger charge is -2.22. The first-order valence-electron chi connectivity index (χ1n) is 8.61. The summed E-state index contributed by atoms with van der Waals surface area (Å²) >= 11 is 0. The Bertz CT molecular complexity index is 712. The van der Waals surface area contributed by atoms with Crippen molar-refractivity contribution in [3.63, 3.8) is 0 Å². The minimum atomic E-state index is -0.0930. The van der Waals surface area contributed by atoms with Gasteiger partial charge in [0, 0.05) is 24.5 Å². The summed E-state index contributed by atoms with van der Waals surface area (Å²) in [6.45, 7) is 8.39. The first-order valence-corrected chi connectivity index (χ1v) is 8.61. The number of carbonyl (C=O) groups is 1. The van der Waals surface area contributed by atoms with Gasteiger partial charge in [0.05, 0.1) is 19.3 Å². The van der Waals surface area contributed by atoms with Crippen LogP contribution < -0.4 is 20.3 Å². The van der Waals surface area contributed by atoms with E-state index in [1.165, 1.54) is 5.69 Å². The maximum atomic E-state index is 12.2. The number of amides is 1. The van der Waals surface area contributed by atoms with Gasteiger partial charge in [-0.15, -0.1) is 0 Å². The lowest BCUT2D eigenvalue weighted by atomic mass is 10.1. The molecule has 0 aliphatic carbocycles. The highest BCUT2D eigenvalue weighted by molar-refractivity contribution is 5.94. The van der Waals surface area contributed by atoms with E-state index in [4.69, 9.17) is 4.74 Å². The maximum Gasteiger partial charge on any atom is 0.243 e. The Balaban J connectivity index is 1.98. The predicted octanol–water partition coefficient (Wildman–Crippen LogP) is 3.90. The van der Waals surface area contributed by atoms with Crippen LogP contribution in [0.25, 0.3) is 0 Å². The van der Waals surface area contributed by atoms with E-state index in [0.29, 0.717) is 0 Å². The molecule has 0 aliphatic heterocycles. The number of ether oxygens (including phenoxy) is 1. The molecule has 0 fully saturated rings. The number of aryl methyl sites for hydroxylation is 1. The van der Waals surface area contributed by atoms with Crippen LogP contribution in [0.2, 0.25) is 0 Å². The second-order valence-electron chi connectivity index (χ2n) is 5.77. The highest BCUT2D eigenvalue weighted by Crippen LogP contribution is 2.24. The largest absolute Gasteiger partial charge is 0.495 e. The van der Waals surface area contributed by atoms with Crippen LogP contribution in [0.5, 0.6) is 5.75 Å². The second-order valence-corrected chi connectivity index (χ2v) is 5.77. The molecule has 0 aliphatic rings. The molecule has 5 heteroatoms. The smallest absolute Gasteiger partial charge is 0.243 e. The number of nitrogens with one attached hydrogen (secondary N) is 2. The van der Waals surface area contributed by atoms with Crippen LogP contribution in [-0.4, -0.2) is 32.7 Å². The molecule has 2 N–H and O–H groups in total. The zero-order valence-electron chi connectivity index (χ0n) is 15.4. The van der Waals surface area contributed by atoms with Gasteiger partial charge < -0.3 is 20.3 Å². The van der Waals surface area contributed by atoms with Gasteiger partial charge in [0.25, 0.3) is 0 Å². The summed E-state index contributed by atoms with van der Waals surface area (Å²) in [6.07, 6.45) is 0. The fourth-order valence-corrected chi connectivity index (χ4v) is 2.73. The molecule has 1 amide bonds. The molecule has 0 aromatic heterocycles. The number of benzene rings is 2. The minimum absolute atomic E-state index is 0.0930. The van der Waals surface area contributed by atoms with Gasteiger partial charge in [0.1, 0.15) is 5.75 Å². The molecule has 0 atom stereocenters. The lowest BCUT2D eigenvalue weighted by Crippen LogP contribution is -2.23. The van der Waals surface area contributed by atoms with Crippen LogP contribution in [0, 0.1) is 6.92 Å². The molecule has 2 aromatic carbocycles.